The van der Waals surface area contributed by atoms with Crippen molar-refractivity contribution >= 4 is 10.4 Å². The van der Waals surface area contributed by atoms with Crippen molar-refractivity contribution in [2.75, 3.05) is 6.61 Å². The average Bonchev–Trinajstić information content (AvgIpc) is 2.93. The molecule has 0 aromatic rings. The smallest absolute Gasteiger partial charge is 0.264 e. The second kappa shape index (κ2) is 31.5. The Balaban J connectivity index is 3.71. The molecular weight excluding hydrogens is 516 g/mol. The Morgan fingerprint density at radius 2 is 0.850 bits per heavy atom. The third-order valence-electron chi connectivity index (χ3n) is 8.24. The maximum Gasteiger partial charge on any atom is 0.397 e. The first-order valence-corrected chi connectivity index (χ1v) is 19.1. The highest BCUT2D eigenvalue weighted by Gasteiger charge is 2.11. The molecule has 4 nitrogen and oxygen atoms in total. The van der Waals surface area contributed by atoms with E-state index in [2.05, 4.69) is 26.0 Å². The van der Waals surface area contributed by atoms with Crippen LogP contribution in [0, 0.1) is 5.92 Å². The summed E-state index contributed by atoms with van der Waals surface area (Å²) in [6.07, 6.45) is 42.7. The molecule has 240 valence electrons. The number of rotatable bonds is 33. The van der Waals surface area contributed by atoms with Crippen LogP contribution in [-0.2, 0) is 14.6 Å². The summed E-state index contributed by atoms with van der Waals surface area (Å²) in [5.74, 6) is 0.0570. The minimum Gasteiger partial charge on any atom is -0.264 e. The van der Waals surface area contributed by atoms with Gasteiger partial charge in [0, 0.05) is 5.92 Å². The van der Waals surface area contributed by atoms with Crippen LogP contribution in [0.4, 0.5) is 0 Å². The second-order valence-electron chi connectivity index (χ2n) is 12.3. The first kappa shape index (κ1) is 39.6. The van der Waals surface area contributed by atoms with E-state index in [0.29, 0.717) is 0 Å². The zero-order chi connectivity index (χ0) is 29.4. The molecule has 40 heavy (non-hydrogen) atoms. The summed E-state index contributed by atoms with van der Waals surface area (Å²) in [6.45, 7) is 4.59. The molecule has 0 saturated heterocycles. The van der Waals surface area contributed by atoms with Gasteiger partial charge in [-0.1, -0.05) is 193 Å². The molecule has 0 aromatic carbocycles. The number of hydrogen-bond acceptors (Lipinski definition) is 3. The summed E-state index contributed by atoms with van der Waals surface area (Å²) in [7, 11) is -4.37. The number of allylic oxidation sites excluding steroid dienone is 1. The fourth-order valence-corrected chi connectivity index (χ4v) is 5.92. The molecule has 0 amide bonds. The van der Waals surface area contributed by atoms with Gasteiger partial charge in [-0.25, -0.2) is 4.18 Å². The SMILES string of the molecule is CCCCCCCCCCC/C=C/C(CCCCCCCCCCCCCCCCCCCC)COS(=O)(=O)O. The third kappa shape index (κ3) is 33.8. The summed E-state index contributed by atoms with van der Waals surface area (Å²) >= 11 is 0. The Morgan fingerprint density at radius 3 is 1.20 bits per heavy atom. The van der Waals surface area contributed by atoms with Gasteiger partial charge in [-0.05, 0) is 19.3 Å². The molecule has 5 heteroatoms. The van der Waals surface area contributed by atoms with E-state index in [4.69, 9.17) is 8.74 Å². The maximum atomic E-state index is 11.0. The van der Waals surface area contributed by atoms with Crippen molar-refractivity contribution in [2.45, 2.75) is 200 Å². The van der Waals surface area contributed by atoms with Crippen molar-refractivity contribution in [3.63, 3.8) is 0 Å². The van der Waals surface area contributed by atoms with Gasteiger partial charge < -0.3 is 0 Å². The predicted octanol–water partition coefficient (Wildman–Crippen LogP) is 12.3. The van der Waals surface area contributed by atoms with Crippen molar-refractivity contribution in [1.29, 1.82) is 0 Å². The normalized spacial score (nSPS) is 13.0. The van der Waals surface area contributed by atoms with Gasteiger partial charge >= 0.3 is 10.4 Å². The van der Waals surface area contributed by atoms with E-state index in [0.717, 1.165) is 19.3 Å². The Kier molecular flexibility index (Phi) is 31.2. The lowest BCUT2D eigenvalue weighted by Crippen LogP contribution is -2.12. The van der Waals surface area contributed by atoms with E-state index in [1.165, 1.54) is 167 Å². The minimum absolute atomic E-state index is 0.0477. The molecule has 1 N–H and O–H groups in total. The van der Waals surface area contributed by atoms with Crippen molar-refractivity contribution in [1.82, 2.24) is 0 Å². The molecular formula is C35H70O4S. The zero-order valence-corrected chi connectivity index (χ0v) is 27.8. The van der Waals surface area contributed by atoms with E-state index in [1.807, 2.05) is 0 Å². The molecule has 0 aliphatic heterocycles. The molecule has 1 atom stereocenters. The largest absolute Gasteiger partial charge is 0.397 e. The summed E-state index contributed by atoms with van der Waals surface area (Å²) < 4.78 is 35.8. The van der Waals surface area contributed by atoms with Crippen LogP contribution in [0.2, 0.25) is 0 Å². The lowest BCUT2D eigenvalue weighted by atomic mass is 9.99. The standard InChI is InChI=1S/C35H70O4S/c1-3-5-7-9-11-13-15-16-17-18-19-20-21-23-25-27-29-31-33-35(34-39-40(36,37)38)32-30-28-26-24-22-14-12-10-8-6-4-2/h30,32,35H,3-29,31,33-34H2,1-2H3,(H,36,37,38)/b32-30+. The predicted molar refractivity (Wildman–Crippen MR) is 175 cm³/mol. The van der Waals surface area contributed by atoms with Crippen LogP contribution < -0.4 is 0 Å². The van der Waals surface area contributed by atoms with Crippen LogP contribution in [0.3, 0.4) is 0 Å². The summed E-state index contributed by atoms with van der Waals surface area (Å²) in [6, 6.07) is 0. The minimum atomic E-state index is -4.37. The van der Waals surface area contributed by atoms with Gasteiger partial charge in [0.15, 0.2) is 0 Å². The molecule has 0 saturated carbocycles. The Labute approximate surface area is 251 Å². The van der Waals surface area contributed by atoms with E-state index < -0.39 is 10.4 Å². The molecule has 0 rings (SSSR count). The van der Waals surface area contributed by atoms with Gasteiger partial charge in [0.25, 0.3) is 0 Å². The fourth-order valence-electron chi connectivity index (χ4n) is 5.58. The number of hydrogen-bond donors (Lipinski definition) is 1. The molecule has 0 aliphatic carbocycles. The van der Waals surface area contributed by atoms with Gasteiger partial charge in [0.2, 0.25) is 0 Å². The monoisotopic (exact) mass is 586 g/mol. The second-order valence-corrected chi connectivity index (χ2v) is 13.4. The van der Waals surface area contributed by atoms with Crippen LogP contribution >= 0.6 is 0 Å². The highest BCUT2D eigenvalue weighted by molar-refractivity contribution is 7.80. The first-order chi connectivity index (χ1) is 19.5. The maximum absolute atomic E-state index is 11.0. The van der Waals surface area contributed by atoms with Gasteiger partial charge in [-0.2, -0.15) is 8.42 Å². The topological polar surface area (TPSA) is 63.6 Å². The summed E-state index contributed by atoms with van der Waals surface area (Å²) in [4.78, 5) is 0. The lowest BCUT2D eigenvalue weighted by Gasteiger charge is -2.12. The van der Waals surface area contributed by atoms with Crippen LogP contribution in [0.15, 0.2) is 12.2 Å². The van der Waals surface area contributed by atoms with E-state index >= 15 is 0 Å². The number of unbranched alkanes of at least 4 members (excludes halogenated alkanes) is 26. The van der Waals surface area contributed by atoms with Crippen molar-refractivity contribution in [3.8, 4) is 0 Å². The molecule has 0 heterocycles. The van der Waals surface area contributed by atoms with Crippen LogP contribution in [0.5, 0.6) is 0 Å². The molecule has 1 unspecified atom stereocenters. The quantitative estimate of drug-likeness (QED) is 0.0472. The summed E-state index contributed by atoms with van der Waals surface area (Å²) in [5.41, 5.74) is 0. The highest BCUT2D eigenvalue weighted by atomic mass is 32.3. The Morgan fingerprint density at radius 1 is 0.525 bits per heavy atom. The van der Waals surface area contributed by atoms with E-state index in [9.17, 15) is 8.42 Å². The molecule has 0 fully saturated rings. The molecule has 0 spiro atoms. The van der Waals surface area contributed by atoms with Gasteiger partial charge in [0.1, 0.15) is 0 Å². The lowest BCUT2D eigenvalue weighted by molar-refractivity contribution is 0.234. The van der Waals surface area contributed by atoms with Crippen LogP contribution in [-0.4, -0.2) is 19.6 Å². The van der Waals surface area contributed by atoms with Gasteiger partial charge in [-0.3, -0.25) is 4.55 Å². The van der Waals surface area contributed by atoms with E-state index in [-0.39, 0.29) is 12.5 Å². The summed E-state index contributed by atoms with van der Waals surface area (Å²) in [5, 5.41) is 0. The zero-order valence-electron chi connectivity index (χ0n) is 27.0. The first-order valence-electron chi connectivity index (χ1n) is 17.8. The Bertz CT molecular complexity index is 617. The molecule has 0 aliphatic rings. The molecule has 0 bridgehead atoms. The average molecular weight is 587 g/mol. The van der Waals surface area contributed by atoms with Crippen molar-refractivity contribution < 1.29 is 17.2 Å². The molecule has 0 aromatic heterocycles. The van der Waals surface area contributed by atoms with Crippen molar-refractivity contribution in [3.05, 3.63) is 12.2 Å². The highest BCUT2D eigenvalue weighted by Crippen LogP contribution is 2.18. The Hall–Kier alpha value is -0.390. The fraction of sp³-hybridized carbons (Fsp3) is 0.943. The van der Waals surface area contributed by atoms with E-state index in [1.54, 1.807) is 0 Å². The van der Waals surface area contributed by atoms with Crippen LogP contribution in [0.1, 0.15) is 200 Å². The van der Waals surface area contributed by atoms with Gasteiger partial charge in [0.05, 0.1) is 6.61 Å². The van der Waals surface area contributed by atoms with Crippen LogP contribution in [0.25, 0.3) is 0 Å². The van der Waals surface area contributed by atoms with Crippen molar-refractivity contribution in [2.24, 2.45) is 5.92 Å². The van der Waals surface area contributed by atoms with Gasteiger partial charge in [-0.15, -0.1) is 0 Å². The third-order valence-corrected chi connectivity index (χ3v) is 8.68. The molecule has 0 radical (unpaired) electrons.